The predicted molar refractivity (Wildman–Crippen MR) is 34.6 cm³/mol. The summed E-state index contributed by atoms with van der Waals surface area (Å²) in [4.78, 5) is 50.9. The van der Waals surface area contributed by atoms with Gasteiger partial charge in [-0.3, -0.25) is 0 Å². The topological polar surface area (TPSA) is 159 Å². The molecule has 0 saturated heterocycles. The molecule has 0 saturated carbocycles. The van der Waals surface area contributed by atoms with Crippen molar-refractivity contribution in [2.24, 2.45) is 0 Å². The van der Waals surface area contributed by atoms with E-state index in [1.165, 1.54) is 0 Å². The first-order chi connectivity index (χ1) is 4.00. The summed E-state index contributed by atoms with van der Waals surface area (Å²) < 4.78 is 8.88. The molecule has 3 radical (unpaired) electrons. The fourth-order valence-corrected chi connectivity index (χ4v) is 0. The molecule has 0 spiro atoms. The summed E-state index contributed by atoms with van der Waals surface area (Å²) in [5.41, 5.74) is 0. The van der Waals surface area contributed by atoms with E-state index < -0.39 is 16.9 Å². The molecule has 0 aromatic heterocycles. The summed E-state index contributed by atoms with van der Waals surface area (Å²) in [6, 6.07) is 0. The zero-order chi connectivity index (χ0) is 9.00. The summed E-state index contributed by atoms with van der Waals surface area (Å²) >= 11 is 0. The van der Waals surface area contributed by atoms with Crippen LogP contribution in [0, 0.1) is 0 Å². The van der Waals surface area contributed by atoms with Crippen molar-refractivity contribution in [2.75, 3.05) is 0 Å². The Kier molecular flexibility index (Phi) is 9.19. The molecule has 0 aliphatic heterocycles. The maximum atomic E-state index is 8.88. The predicted octanol–water partition coefficient (Wildman–Crippen LogP) is -3.92. The highest BCUT2D eigenvalue weighted by Gasteiger charge is 2.22. The number of rotatable bonds is 0. The van der Waals surface area contributed by atoms with E-state index in [1.54, 1.807) is 0 Å². The smallest absolute Gasteiger partial charge is 0.368 e. The maximum Gasteiger partial charge on any atom is 0.668 e. The second kappa shape index (κ2) is 5.83. The number of phosphoric acid groups is 1. The summed E-state index contributed by atoms with van der Waals surface area (Å²) in [6.45, 7) is 0. The molecule has 11 heteroatoms. The minimum absolute atomic E-state index is 0. The Bertz CT molecular complexity index is 106. The van der Waals surface area contributed by atoms with Crippen LogP contribution in [-0.4, -0.2) is 51.3 Å². The molecular formula is H7BO8PSi. The van der Waals surface area contributed by atoms with Crippen LogP contribution in [0.3, 0.4) is 0 Å². The molecule has 67 valence electrons. The molecule has 0 aromatic rings. The molecule has 0 fully saturated rings. The fraction of sp³-hybridized carbons (Fsp3) is 0. The second-order valence-corrected chi connectivity index (χ2v) is 3.34. The molecule has 8 nitrogen and oxygen atoms in total. The van der Waals surface area contributed by atoms with Crippen LogP contribution in [0.15, 0.2) is 0 Å². The minimum Gasteiger partial charge on any atom is -0.368 e. The first-order valence-electron chi connectivity index (χ1n) is 1.68. The van der Waals surface area contributed by atoms with Crippen molar-refractivity contribution in [3.8, 4) is 0 Å². The van der Waals surface area contributed by atoms with E-state index in [2.05, 4.69) is 0 Å². The van der Waals surface area contributed by atoms with Gasteiger partial charge in [-0.05, 0) is 0 Å². The van der Waals surface area contributed by atoms with Gasteiger partial charge in [-0.2, -0.15) is 0 Å². The van der Waals surface area contributed by atoms with Gasteiger partial charge in [0.1, 0.15) is 0 Å². The number of hydrogen-bond donors (Lipinski definition) is 7. The third-order valence-electron chi connectivity index (χ3n) is 0. The lowest BCUT2D eigenvalue weighted by atomic mass is 10.8. The SMILES string of the molecule is O=P(O)(O)O.O[Si](O)(O)O.[B]. The molecule has 0 rings (SSSR count). The normalized spacial score (nSPS) is 10.8. The van der Waals surface area contributed by atoms with E-state index in [-0.39, 0.29) is 8.41 Å². The van der Waals surface area contributed by atoms with Gasteiger partial charge in [-0.15, -0.1) is 0 Å². The lowest BCUT2D eigenvalue weighted by molar-refractivity contribution is 0.117. The van der Waals surface area contributed by atoms with Crippen LogP contribution in [0.2, 0.25) is 0 Å². The standard InChI is InChI=1S/B.H3O4P.H4O4Si/c;2*1-5(2,3)4/h;(H3,1,2,3,4);1-4H. The Labute approximate surface area is 64.7 Å². The van der Waals surface area contributed by atoms with Crippen LogP contribution < -0.4 is 0 Å². The minimum atomic E-state index is -4.64. The van der Waals surface area contributed by atoms with Crippen LogP contribution in [0.5, 0.6) is 0 Å². The maximum absolute atomic E-state index is 8.88. The van der Waals surface area contributed by atoms with E-state index in [0.717, 1.165) is 0 Å². The molecule has 0 unspecified atom stereocenters. The Balaban J connectivity index is -0.000000107. The zero-order valence-electron chi connectivity index (χ0n) is 5.06. The van der Waals surface area contributed by atoms with Crippen LogP contribution in [0.25, 0.3) is 0 Å². The van der Waals surface area contributed by atoms with Crippen LogP contribution in [0.4, 0.5) is 0 Å². The van der Waals surface area contributed by atoms with Crippen molar-refractivity contribution >= 4 is 25.3 Å². The largest absolute Gasteiger partial charge is 0.668 e. The summed E-state index contributed by atoms with van der Waals surface area (Å²) in [7, 11) is -9.25. The fourth-order valence-electron chi connectivity index (χ4n) is 0. The van der Waals surface area contributed by atoms with Gasteiger partial charge in [0.15, 0.2) is 0 Å². The Hall–Kier alpha value is 0.232. The molecule has 0 amide bonds. The number of hydrogen-bond acceptors (Lipinski definition) is 5. The van der Waals surface area contributed by atoms with Crippen molar-refractivity contribution in [2.45, 2.75) is 0 Å². The van der Waals surface area contributed by atoms with Gasteiger partial charge in [0.05, 0.1) is 0 Å². The van der Waals surface area contributed by atoms with Crippen molar-refractivity contribution in [3.05, 3.63) is 0 Å². The average molecular weight is 205 g/mol. The summed E-state index contributed by atoms with van der Waals surface area (Å²) in [5.74, 6) is 0. The lowest BCUT2D eigenvalue weighted by Crippen LogP contribution is -2.33. The van der Waals surface area contributed by atoms with Gasteiger partial charge in [0.2, 0.25) is 0 Å². The van der Waals surface area contributed by atoms with Crippen molar-refractivity contribution in [1.82, 2.24) is 0 Å². The van der Waals surface area contributed by atoms with Gasteiger partial charge < -0.3 is 33.9 Å². The highest BCUT2D eigenvalue weighted by atomic mass is 31.2. The Morgan fingerprint density at radius 2 is 0.909 bits per heavy atom. The van der Waals surface area contributed by atoms with Crippen molar-refractivity contribution < 1.29 is 38.4 Å². The van der Waals surface area contributed by atoms with E-state index in [4.69, 9.17) is 38.4 Å². The molecule has 0 aliphatic rings. The van der Waals surface area contributed by atoms with E-state index in [0.29, 0.717) is 0 Å². The monoisotopic (exact) mass is 205 g/mol. The van der Waals surface area contributed by atoms with Crippen molar-refractivity contribution in [1.29, 1.82) is 0 Å². The summed E-state index contributed by atoms with van der Waals surface area (Å²) in [6.07, 6.45) is 0. The van der Waals surface area contributed by atoms with Gasteiger partial charge >= 0.3 is 16.9 Å². The van der Waals surface area contributed by atoms with Gasteiger partial charge in [-0.1, -0.05) is 0 Å². The highest BCUT2D eigenvalue weighted by molar-refractivity contribution is 7.45. The van der Waals surface area contributed by atoms with E-state index >= 15 is 0 Å². The third kappa shape index (κ3) is 12900. The summed E-state index contributed by atoms with van der Waals surface area (Å²) in [5, 5.41) is 0. The van der Waals surface area contributed by atoms with Gasteiger partial charge in [0.25, 0.3) is 0 Å². The molecule has 0 aromatic carbocycles. The molecular weight excluding hydrogens is 198 g/mol. The van der Waals surface area contributed by atoms with Crippen molar-refractivity contribution in [3.63, 3.8) is 0 Å². The van der Waals surface area contributed by atoms with Gasteiger partial charge in [0, 0.05) is 8.41 Å². The van der Waals surface area contributed by atoms with E-state index in [1.807, 2.05) is 0 Å². The average Bonchev–Trinajstić information content (AvgIpc) is 1.12. The molecule has 11 heavy (non-hydrogen) atoms. The molecule has 7 N–H and O–H groups in total. The van der Waals surface area contributed by atoms with Crippen LogP contribution >= 0.6 is 7.82 Å². The Morgan fingerprint density at radius 1 is 0.909 bits per heavy atom. The second-order valence-electron chi connectivity index (χ2n) is 1.11. The first-order valence-corrected chi connectivity index (χ1v) is 5.03. The zero-order valence-corrected chi connectivity index (χ0v) is 6.96. The van der Waals surface area contributed by atoms with E-state index in [9.17, 15) is 0 Å². The Morgan fingerprint density at radius 3 is 0.909 bits per heavy atom. The van der Waals surface area contributed by atoms with Gasteiger partial charge in [-0.25, -0.2) is 4.57 Å². The molecule has 0 atom stereocenters. The lowest BCUT2D eigenvalue weighted by Gasteiger charge is -1.91. The first kappa shape index (κ1) is 17.4. The molecule has 0 bridgehead atoms. The highest BCUT2D eigenvalue weighted by Crippen LogP contribution is 2.25. The van der Waals surface area contributed by atoms with Crippen LogP contribution in [-0.2, 0) is 4.57 Å². The molecule has 0 aliphatic carbocycles. The third-order valence-corrected chi connectivity index (χ3v) is 0. The van der Waals surface area contributed by atoms with Crippen LogP contribution in [0.1, 0.15) is 0 Å². The quantitative estimate of drug-likeness (QED) is 0.156. The molecule has 0 heterocycles.